The quantitative estimate of drug-likeness (QED) is 0.902. The van der Waals surface area contributed by atoms with Crippen LogP contribution in [0.5, 0.6) is 0 Å². The summed E-state index contributed by atoms with van der Waals surface area (Å²) in [7, 11) is 0. The summed E-state index contributed by atoms with van der Waals surface area (Å²) in [6.07, 6.45) is -0.530. The summed E-state index contributed by atoms with van der Waals surface area (Å²) in [5.41, 5.74) is -0.706. The fourth-order valence-electron chi connectivity index (χ4n) is 3.11. The fraction of sp³-hybridized carbons (Fsp3) is 0.444. The van der Waals surface area contributed by atoms with Crippen LogP contribution in [0.15, 0.2) is 41.1 Å². The van der Waals surface area contributed by atoms with E-state index in [1.807, 2.05) is 17.9 Å². The first-order valence-corrected chi connectivity index (χ1v) is 8.52. The number of aromatic amines is 1. The van der Waals surface area contributed by atoms with Crippen molar-refractivity contribution < 1.29 is 27.4 Å². The number of aromatic nitrogens is 1. The van der Waals surface area contributed by atoms with Gasteiger partial charge in [-0.2, -0.15) is 13.2 Å². The first-order valence-electron chi connectivity index (χ1n) is 8.52. The molecule has 5 nitrogen and oxygen atoms in total. The van der Waals surface area contributed by atoms with Crippen LogP contribution in [-0.4, -0.2) is 19.0 Å². The number of furan rings is 1. The van der Waals surface area contributed by atoms with Crippen LogP contribution in [0.1, 0.15) is 37.1 Å². The summed E-state index contributed by atoms with van der Waals surface area (Å²) < 4.78 is 43.2. The molecule has 2 aromatic rings. The Morgan fingerprint density at radius 2 is 2.04 bits per heavy atom. The third kappa shape index (κ3) is 4.17. The standard InChI is InChI=1S/C18H20F3N3O2/c1-12(15-3-2-10-26-15)23-17(25)13-6-8-24(9-7-13)16-5-4-14(11-22-16)18(19,20)21/h2-5,10-13H,6-9H2,1H3,(H,23,25)/p+1/t12-/m1/s1. The third-order valence-electron chi connectivity index (χ3n) is 4.66. The van der Waals surface area contributed by atoms with Gasteiger partial charge in [-0.3, -0.25) is 9.69 Å². The number of carbonyl (C=O) groups is 1. The van der Waals surface area contributed by atoms with E-state index in [2.05, 4.69) is 10.3 Å². The molecule has 1 aliphatic heterocycles. The van der Waals surface area contributed by atoms with E-state index < -0.39 is 11.7 Å². The van der Waals surface area contributed by atoms with Crippen LogP contribution in [0.4, 0.5) is 19.0 Å². The summed E-state index contributed by atoms with van der Waals surface area (Å²) in [5, 5.41) is 2.95. The number of hydrogen-bond acceptors (Lipinski definition) is 3. The SMILES string of the molecule is C[C@@H](NC(=O)C1CCN(c2ccc(C(F)(F)F)c[nH+]2)CC1)c1ccco1. The monoisotopic (exact) mass is 368 g/mol. The third-order valence-corrected chi connectivity index (χ3v) is 4.66. The van der Waals surface area contributed by atoms with Crippen molar-refractivity contribution >= 4 is 11.7 Å². The van der Waals surface area contributed by atoms with Crippen molar-refractivity contribution in [1.82, 2.24) is 5.32 Å². The molecule has 0 bridgehead atoms. The average Bonchev–Trinajstić information content (AvgIpc) is 3.16. The molecule has 0 aromatic carbocycles. The molecule has 1 saturated heterocycles. The van der Waals surface area contributed by atoms with Gasteiger partial charge in [-0.05, 0) is 38.0 Å². The Balaban J connectivity index is 1.53. The molecule has 3 heterocycles. The summed E-state index contributed by atoms with van der Waals surface area (Å²) in [6.45, 7) is 3.08. The van der Waals surface area contributed by atoms with Crippen LogP contribution in [0.25, 0.3) is 0 Å². The van der Waals surface area contributed by atoms with Crippen LogP contribution in [0.2, 0.25) is 0 Å². The number of halogens is 3. The van der Waals surface area contributed by atoms with Crippen molar-refractivity contribution in [1.29, 1.82) is 0 Å². The zero-order valence-corrected chi connectivity index (χ0v) is 14.3. The van der Waals surface area contributed by atoms with Gasteiger partial charge in [-0.15, -0.1) is 0 Å². The van der Waals surface area contributed by atoms with Crippen molar-refractivity contribution in [3.8, 4) is 0 Å². The van der Waals surface area contributed by atoms with E-state index in [4.69, 9.17) is 4.42 Å². The summed E-state index contributed by atoms with van der Waals surface area (Å²) in [6, 6.07) is 5.89. The number of carbonyl (C=O) groups excluding carboxylic acids is 1. The second-order valence-electron chi connectivity index (χ2n) is 6.47. The Labute approximate surface area is 149 Å². The van der Waals surface area contributed by atoms with Gasteiger partial charge < -0.3 is 9.73 Å². The Morgan fingerprint density at radius 1 is 1.31 bits per heavy atom. The summed E-state index contributed by atoms with van der Waals surface area (Å²) in [5.74, 6) is 1.19. The molecule has 140 valence electrons. The smallest absolute Gasteiger partial charge is 0.419 e. The van der Waals surface area contributed by atoms with Gasteiger partial charge in [0.25, 0.3) is 5.82 Å². The lowest BCUT2D eigenvalue weighted by Crippen LogP contribution is -2.42. The van der Waals surface area contributed by atoms with E-state index in [0.29, 0.717) is 37.5 Å². The molecule has 1 amide bonds. The summed E-state index contributed by atoms with van der Waals surface area (Å²) >= 11 is 0. The number of H-pyrrole nitrogens is 1. The highest BCUT2D eigenvalue weighted by Crippen LogP contribution is 2.29. The van der Waals surface area contributed by atoms with Crippen LogP contribution in [-0.2, 0) is 11.0 Å². The highest BCUT2D eigenvalue weighted by Gasteiger charge is 2.33. The van der Waals surface area contributed by atoms with E-state index in [0.717, 1.165) is 12.3 Å². The maximum Gasteiger partial charge on any atom is 0.419 e. The van der Waals surface area contributed by atoms with Gasteiger partial charge in [0, 0.05) is 12.0 Å². The Kier molecular flexibility index (Phi) is 5.20. The molecule has 0 unspecified atom stereocenters. The Hall–Kier alpha value is -2.51. The molecular weight excluding hydrogens is 347 g/mol. The molecule has 1 aliphatic rings. The maximum absolute atomic E-state index is 12.6. The lowest BCUT2D eigenvalue weighted by molar-refractivity contribution is -0.367. The molecule has 2 N–H and O–H groups in total. The predicted molar refractivity (Wildman–Crippen MR) is 88.2 cm³/mol. The van der Waals surface area contributed by atoms with E-state index in [1.165, 1.54) is 6.07 Å². The minimum absolute atomic E-state index is 0.0232. The number of nitrogens with zero attached hydrogens (tertiary/aromatic N) is 1. The zero-order valence-electron chi connectivity index (χ0n) is 14.3. The zero-order chi connectivity index (χ0) is 18.7. The molecule has 8 heteroatoms. The number of rotatable bonds is 4. The van der Waals surface area contributed by atoms with Gasteiger partial charge in [0.15, 0.2) is 0 Å². The molecule has 1 atom stereocenters. The van der Waals surface area contributed by atoms with Crippen LogP contribution in [0.3, 0.4) is 0 Å². The number of nitrogens with one attached hydrogen (secondary N) is 2. The first kappa shape index (κ1) is 18.3. The number of piperidine rings is 1. The molecular formula is C18H21F3N3O2+. The largest absolute Gasteiger partial charge is 0.467 e. The van der Waals surface area contributed by atoms with Crippen molar-refractivity contribution in [2.45, 2.75) is 32.0 Å². The fourth-order valence-corrected chi connectivity index (χ4v) is 3.11. The van der Waals surface area contributed by atoms with Crippen molar-refractivity contribution in [2.75, 3.05) is 18.0 Å². The number of pyridine rings is 1. The van der Waals surface area contributed by atoms with Crippen LogP contribution in [0, 0.1) is 5.92 Å². The summed E-state index contributed by atoms with van der Waals surface area (Å²) in [4.78, 5) is 17.1. The predicted octanol–water partition coefficient (Wildman–Crippen LogP) is 3.21. The maximum atomic E-state index is 12.6. The molecule has 2 aromatic heterocycles. The molecule has 1 fully saturated rings. The van der Waals surface area contributed by atoms with Gasteiger partial charge in [0.05, 0.1) is 31.0 Å². The molecule has 0 saturated carbocycles. The van der Waals surface area contributed by atoms with E-state index >= 15 is 0 Å². The average molecular weight is 368 g/mol. The first-order chi connectivity index (χ1) is 12.3. The molecule has 0 spiro atoms. The van der Waals surface area contributed by atoms with Crippen molar-refractivity contribution in [2.24, 2.45) is 5.92 Å². The van der Waals surface area contributed by atoms with Gasteiger partial charge in [0.2, 0.25) is 5.91 Å². The lowest BCUT2D eigenvalue weighted by atomic mass is 9.95. The number of anilines is 1. The number of hydrogen-bond donors (Lipinski definition) is 1. The van der Waals surface area contributed by atoms with Gasteiger partial charge in [-0.25, -0.2) is 4.98 Å². The molecule has 26 heavy (non-hydrogen) atoms. The topological polar surface area (TPSA) is 59.6 Å². The minimum Gasteiger partial charge on any atom is -0.467 e. The van der Waals surface area contributed by atoms with E-state index in [9.17, 15) is 18.0 Å². The lowest BCUT2D eigenvalue weighted by Gasteiger charge is -2.27. The highest BCUT2D eigenvalue weighted by atomic mass is 19.4. The van der Waals surface area contributed by atoms with Crippen LogP contribution >= 0.6 is 0 Å². The Morgan fingerprint density at radius 3 is 2.58 bits per heavy atom. The van der Waals surface area contributed by atoms with Crippen molar-refractivity contribution in [3.63, 3.8) is 0 Å². The van der Waals surface area contributed by atoms with E-state index in [-0.39, 0.29) is 17.9 Å². The molecule has 0 radical (unpaired) electrons. The second-order valence-corrected chi connectivity index (χ2v) is 6.47. The molecule has 0 aliphatic carbocycles. The highest BCUT2D eigenvalue weighted by molar-refractivity contribution is 5.79. The van der Waals surface area contributed by atoms with Gasteiger partial charge in [0.1, 0.15) is 12.0 Å². The number of amides is 1. The van der Waals surface area contributed by atoms with Crippen molar-refractivity contribution in [3.05, 3.63) is 48.0 Å². The Bertz CT molecular complexity index is 721. The molecule has 3 rings (SSSR count). The second kappa shape index (κ2) is 7.39. The normalized spacial score (nSPS) is 17.2. The minimum atomic E-state index is -4.36. The van der Waals surface area contributed by atoms with Gasteiger partial charge >= 0.3 is 6.18 Å². The van der Waals surface area contributed by atoms with E-state index in [1.54, 1.807) is 12.3 Å². The number of alkyl halides is 3. The van der Waals surface area contributed by atoms with Gasteiger partial charge in [-0.1, -0.05) is 0 Å². The van der Waals surface area contributed by atoms with Crippen LogP contribution < -0.4 is 15.2 Å².